The van der Waals surface area contributed by atoms with Crippen LogP contribution in [0.2, 0.25) is 0 Å². The minimum atomic E-state index is -0.203. The zero-order valence-corrected chi connectivity index (χ0v) is 15.2. The van der Waals surface area contributed by atoms with Crippen LogP contribution in [0.15, 0.2) is 40.9 Å². The summed E-state index contributed by atoms with van der Waals surface area (Å²) in [6, 6.07) is 7.28. The normalized spacial score (nSPS) is 29.9. The molecule has 2 fully saturated rings. The summed E-state index contributed by atoms with van der Waals surface area (Å²) < 4.78 is 0.935. The van der Waals surface area contributed by atoms with Crippen molar-refractivity contribution in [1.82, 2.24) is 4.90 Å². The summed E-state index contributed by atoms with van der Waals surface area (Å²) in [5.74, 6) is -0.410. The van der Waals surface area contributed by atoms with Gasteiger partial charge in [-0.2, -0.15) is 0 Å². The molecule has 1 saturated heterocycles. The topological polar surface area (TPSA) is 66.5 Å². The van der Waals surface area contributed by atoms with Crippen molar-refractivity contribution in [3.63, 3.8) is 0 Å². The second kappa shape index (κ2) is 6.41. The van der Waals surface area contributed by atoms with E-state index in [0.717, 1.165) is 17.3 Å². The first-order valence-corrected chi connectivity index (χ1v) is 9.43. The van der Waals surface area contributed by atoms with Crippen molar-refractivity contribution in [2.75, 3.05) is 11.9 Å². The van der Waals surface area contributed by atoms with E-state index in [1.165, 1.54) is 4.90 Å². The monoisotopic (exact) mass is 402 g/mol. The fourth-order valence-electron chi connectivity index (χ4n) is 4.33. The van der Waals surface area contributed by atoms with Crippen molar-refractivity contribution < 1.29 is 14.4 Å². The molecule has 5 nitrogen and oxygen atoms in total. The first-order chi connectivity index (χ1) is 12.0. The van der Waals surface area contributed by atoms with Crippen molar-refractivity contribution in [3.05, 3.63) is 40.9 Å². The van der Waals surface area contributed by atoms with Crippen LogP contribution in [0, 0.1) is 23.7 Å². The molecule has 1 saturated carbocycles. The third-order valence-electron chi connectivity index (χ3n) is 5.54. The maximum atomic E-state index is 12.7. The number of hydrogen-bond acceptors (Lipinski definition) is 3. The second-order valence-corrected chi connectivity index (χ2v) is 7.89. The molecule has 4 atom stereocenters. The van der Waals surface area contributed by atoms with Gasteiger partial charge in [-0.15, -0.1) is 0 Å². The number of imide groups is 1. The SMILES string of the molecule is O=C(CCN1C(=O)[C@H]2[C@H](C1=O)[C@H]1C=C[C@H]2CC1)Nc1ccc(Br)cc1. The van der Waals surface area contributed by atoms with E-state index in [9.17, 15) is 14.4 Å². The molecule has 1 heterocycles. The van der Waals surface area contributed by atoms with E-state index in [1.54, 1.807) is 12.1 Å². The van der Waals surface area contributed by atoms with Gasteiger partial charge in [0.2, 0.25) is 17.7 Å². The Labute approximate surface area is 154 Å². The Hall–Kier alpha value is -1.95. The van der Waals surface area contributed by atoms with Crippen LogP contribution in [0.1, 0.15) is 19.3 Å². The number of nitrogens with one attached hydrogen (secondary N) is 1. The fourth-order valence-corrected chi connectivity index (χ4v) is 4.59. The van der Waals surface area contributed by atoms with Crippen LogP contribution in [0.4, 0.5) is 5.69 Å². The number of amides is 3. The van der Waals surface area contributed by atoms with Crippen LogP contribution >= 0.6 is 15.9 Å². The quantitative estimate of drug-likeness (QED) is 0.621. The van der Waals surface area contributed by atoms with Gasteiger partial charge in [0.1, 0.15) is 0 Å². The molecule has 2 bridgehead atoms. The molecule has 0 spiro atoms. The van der Waals surface area contributed by atoms with Crippen LogP contribution in [0.5, 0.6) is 0 Å². The highest BCUT2D eigenvalue weighted by molar-refractivity contribution is 9.10. The summed E-state index contributed by atoms with van der Waals surface area (Å²) in [5.41, 5.74) is 0.697. The maximum absolute atomic E-state index is 12.7. The Morgan fingerprint density at radius 3 is 2.12 bits per heavy atom. The van der Waals surface area contributed by atoms with E-state index in [4.69, 9.17) is 0 Å². The molecule has 0 aromatic heterocycles. The summed E-state index contributed by atoms with van der Waals surface area (Å²) >= 11 is 3.35. The number of likely N-dealkylation sites (tertiary alicyclic amines) is 1. The lowest BCUT2D eigenvalue weighted by Crippen LogP contribution is -2.38. The van der Waals surface area contributed by atoms with Crippen LogP contribution < -0.4 is 5.32 Å². The maximum Gasteiger partial charge on any atom is 0.233 e. The fraction of sp³-hybridized carbons (Fsp3) is 0.421. The van der Waals surface area contributed by atoms with E-state index >= 15 is 0 Å². The lowest BCUT2D eigenvalue weighted by molar-refractivity contribution is -0.140. The van der Waals surface area contributed by atoms with Gasteiger partial charge in [-0.1, -0.05) is 28.1 Å². The van der Waals surface area contributed by atoms with E-state index in [2.05, 4.69) is 33.4 Å². The van der Waals surface area contributed by atoms with Crippen LogP contribution in [-0.2, 0) is 14.4 Å². The van der Waals surface area contributed by atoms with Gasteiger partial charge in [0.25, 0.3) is 0 Å². The number of carbonyl (C=O) groups is 3. The van der Waals surface area contributed by atoms with Crippen molar-refractivity contribution in [2.45, 2.75) is 19.3 Å². The second-order valence-electron chi connectivity index (χ2n) is 6.97. The Morgan fingerprint density at radius 2 is 1.60 bits per heavy atom. The van der Waals surface area contributed by atoms with Gasteiger partial charge < -0.3 is 5.32 Å². The predicted molar refractivity (Wildman–Crippen MR) is 96.4 cm³/mol. The Kier molecular flexibility index (Phi) is 4.23. The van der Waals surface area contributed by atoms with Gasteiger partial charge in [0, 0.05) is 23.1 Å². The average molecular weight is 403 g/mol. The number of anilines is 1. The smallest absolute Gasteiger partial charge is 0.233 e. The summed E-state index contributed by atoms with van der Waals surface area (Å²) in [7, 11) is 0. The highest BCUT2D eigenvalue weighted by Gasteiger charge is 2.56. The predicted octanol–water partition coefficient (Wildman–Crippen LogP) is 2.97. The molecule has 0 radical (unpaired) electrons. The zero-order valence-electron chi connectivity index (χ0n) is 13.7. The van der Waals surface area contributed by atoms with Crippen LogP contribution in [0.3, 0.4) is 0 Å². The lowest BCUT2D eigenvalue weighted by atomic mass is 9.63. The van der Waals surface area contributed by atoms with E-state index in [1.807, 2.05) is 12.1 Å². The summed E-state index contributed by atoms with van der Waals surface area (Å²) in [6.07, 6.45) is 6.29. The number of allylic oxidation sites excluding steroid dienone is 2. The summed E-state index contributed by atoms with van der Waals surface area (Å²) in [6.45, 7) is 0.159. The molecule has 1 aliphatic heterocycles. The van der Waals surface area contributed by atoms with Gasteiger partial charge in [-0.3, -0.25) is 19.3 Å². The van der Waals surface area contributed by atoms with Gasteiger partial charge in [-0.05, 0) is 48.9 Å². The molecular formula is C19H19BrN2O3. The number of nitrogens with zero attached hydrogens (tertiary/aromatic N) is 1. The van der Waals surface area contributed by atoms with E-state index in [0.29, 0.717) is 5.69 Å². The number of rotatable bonds is 4. The summed E-state index contributed by atoms with van der Waals surface area (Å²) in [5, 5.41) is 2.79. The standard InChI is InChI=1S/C19H19BrN2O3/c20-13-5-7-14(8-6-13)21-15(23)9-10-22-18(24)16-11-1-2-12(4-3-11)17(16)19(22)25/h1-2,5-8,11-12,16-17H,3-4,9-10H2,(H,21,23)/t11-,12-,16+,17+/m0/s1. The van der Waals surface area contributed by atoms with Crippen molar-refractivity contribution in [3.8, 4) is 0 Å². The third-order valence-corrected chi connectivity index (χ3v) is 6.07. The van der Waals surface area contributed by atoms with Crippen LogP contribution in [-0.4, -0.2) is 29.2 Å². The molecule has 3 aliphatic carbocycles. The molecule has 6 heteroatoms. The molecule has 5 rings (SSSR count). The van der Waals surface area contributed by atoms with Crippen molar-refractivity contribution >= 4 is 39.3 Å². The number of halogens is 1. The highest BCUT2D eigenvalue weighted by atomic mass is 79.9. The van der Waals surface area contributed by atoms with Gasteiger partial charge in [0.15, 0.2) is 0 Å². The molecule has 4 aliphatic rings. The lowest BCUT2D eigenvalue weighted by Gasteiger charge is -2.38. The molecule has 0 unspecified atom stereocenters. The van der Waals surface area contributed by atoms with Crippen molar-refractivity contribution in [2.24, 2.45) is 23.7 Å². The molecular weight excluding hydrogens is 384 g/mol. The molecule has 25 heavy (non-hydrogen) atoms. The minimum Gasteiger partial charge on any atom is -0.326 e. The molecule has 1 aromatic carbocycles. The third kappa shape index (κ3) is 2.92. The van der Waals surface area contributed by atoms with Crippen molar-refractivity contribution in [1.29, 1.82) is 0 Å². The number of hydrogen-bond donors (Lipinski definition) is 1. The highest BCUT2D eigenvalue weighted by Crippen LogP contribution is 2.49. The largest absolute Gasteiger partial charge is 0.326 e. The zero-order chi connectivity index (χ0) is 17.6. The molecule has 130 valence electrons. The Morgan fingerprint density at radius 1 is 1.04 bits per heavy atom. The molecule has 1 aromatic rings. The first kappa shape index (κ1) is 16.5. The van der Waals surface area contributed by atoms with Crippen LogP contribution in [0.25, 0.3) is 0 Å². The van der Waals surface area contributed by atoms with E-state index < -0.39 is 0 Å². The first-order valence-electron chi connectivity index (χ1n) is 8.63. The molecule has 1 N–H and O–H groups in total. The average Bonchev–Trinajstić information content (AvgIpc) is 2.89. The molecule has 3 amide bonds. The Bertz CT molecular complexity index is 726. The van der Waals surface area contributed by atoms with Gasteiger partial charge >= 0.3 is 0 Å². The van der Waals surface area contributed by atoms with E-state index in [-0.39, 0.29) is 54.4 Å². The number of benzene rings is 1. The minimum absolute atomic E-state index is 0.0921. The number of fused-ring (bicyclic) bond motifs is 1. The Balaban J connectivity index is 1.38. The van der Waals surface area contributed by atoms with Gasteiger partial charge in [0.05, 0.1) is 11.8 Å². The summed E-state index contributed by atoms with van der Waals surface area (Å²) in [4.78, 5) is 38.8. The van der Waals surface area contributed by atoms with Gasteiger partial charge in [-0.25, -0.2) is 0 Å². The number of carbonyl (C=O) groups excluding carboxylic acids is 3.